The van der Waals surface area contributed by atoms with E-state index in [4.69, 9.17) is 0 Å². The van der Waals surface area contributed by atoms with Crippen LogP contribution in [0.2, 0.25) is 0 Å². The molecular weight excluding hydrogens is 168 g/mol. The molecule has 0 radical (unpaired) electrons. The SMILES string of the molecule is CSc1cnc(N(C)C)c(C)c1. The predicted octanol–water partition coefficient (Wildman–Crippen LogP) is 2.18. The van der Waals surface area contributed by atoms with Gasteiger partial charge in [-0.2, -0.15) is 0 Å². The highest BCUT2D eigenvalue weighted by molar-refractivity contribution is 7.98. The van der Waals surface area contributed by atoms with Crippen LogP contribution in [0, 0.1) is 6.92 Å². The molecule has 66 valence electrons. The van der Waals surface area contributed by atoms with E-state index < -0.39 is 0 Å². The molecule has 1 aromatic rings. The fourth-order valence-electron chi connectivity index (χ4n) is 1.12. The first-order chi connectivity index (χ1) is 5.65. The first-order valence-electron chi connectivity index (χ1n) is 3.83. The molecule has 0 unspecified atom stereocenters. The Morgan fingerprint density at radius 3 is 2.50 bits per heavy atom. The number of hydrogen-bond acceptors (Lipinski definition) is 3. The van der Waals surface area contributed by atoms with Gasteiger partial charge in [-0.15, -0.1) is 11.8 Å². The molecule has 0 aliphatic heterocycles. The van der Waals surface area contributed by atoms with Gasteiger partial charge in [0.2, 0.25) is 0 Å². The number of nitrogens with zero attached hydrogens (tertiary/aromatic N) is 2. The number of aromatic nitrogens is 1. The molecule has 0 spiro atoms. The summed E-state index contributed by atoms with van der Waals surface area (Å²) in [5, 5.41) is 0. The van der Waals surface area contributed by atoms with Crippen LogP contribution in [0.1, 0.15) is 5.56 Å². The Hall–Kier alpha value is -0.700. The third-order valence-electron chi connectivity index (χ3n) is 1.68. The molecule has 0 aliphatic carbocycles. The number of anilines is 1. The van der Waals surface area contributed by atoms with Gasteiger partial charge in [0.1, 0.15) is 5.82 Å². The monoisotopic (exact) mass is 182 g/mol. The van der Waals surface area contributed by atoms with E-state index in [2.05, 4.69) is 24.2 Å². The number of aryl methyl sites for hydroxylation is 1. The van der Waals surface area contributed by atoms with E-state index >= 15 is 0 Å². The van der Waals surface area contributed by atoms with Crippen LogP contribution in [0.25, 0.3) is 0 Å². The van der Waals surface area contributed by atoms with Gasteiger partial charge < -0.3 is 4.90 Å². The lowest BCUT2D eigenvalue weighted by molar-refractivity contribution is 1.03. The second kappa shape index (κ2) is 3.81. The van der Waals surface area contributed by atoms with Gasteiger partial charge >= 0.3 is 0 Å². The molecule has 0 bridgehead atoms. The Morgan fingerprint density at radius 1 is 1.42 bits per heavy atom. The number of pyridine rings is 1. The molecule has 1 rings (SSSR count). The Kier molecular flexibility index (Phi) is 2.98. The van der Waals surface area contributed by atoms with Crippen molar-refractivity contribution in [2.45, 2.75) is 11.8 Å². The van der Waals surface area contributed by atoms with Crippen molar-refractivity contribution in [1.29, 1.82) is 0 Å². The zero-order valence-electron chi connectivity index (χ0n) is 7.96. The molecule has 12 heavy (non-hydrogen) atoms. The van der Waals surface area contributed by atoms with Gasteiger partial charge in [-0.1, -0.05) is 0 Å². The Balaban J connectivity index is 3.03. The summed E-state index contributed by atoms with van der Waals surface area (Å²) >= 11 is 1.72. The summed E-state index contributed by atoms with van der Waals surface area (Å²) in [6.45, 7) is 2.09. The predicted molar refractivity (Wildman–Crippen MR) is 55.1 cm³/mol. The van der Waals surface area contributed by atoms with Crippen molar-refractivity contribution < 1.29 is 0 Å². The summed E-state index contributed by atoms with van der Waals surface area (Å²) in [7, 11) is 4.02. The van der Waals surface area contributed by atoms with Crippen LogP contribution in [-0.2, 0) is 0 Å². The number of rotatable bonds is 2. The molecule has 0 fully saturated rings. The van der Waals surface area contributed by atoms with Gasteiger partial charge in [0.25, 0.3) is 0 Å². The first kappa shape index (κ1) is 9.39. The average molecular weight is 182 g/mol. The standard InChI is InChI=1S/C9H14N2S/c1-7-5-8(12-4)6-10-9(7)11(2)3/h5-6H,1-4H3. The summed E-state index contributed by atoms with van der Waals surface area (Å²) in [6, 6.07) is 2.16. The minimum atomic E-state index is 1.05. The van der Waals surface area contributed by atoms with Crippen LogP contribution in [0.3, 0.4) is 0 Å². The molecule has 3 heteroatoms. The molecular formula is C9H14N2S. The molecule has 1 aromatic heterocycles. The fraction of sp³-hybridized carbons (Fsp3) is 0.444. The Morgan fingerprint density at radius 2 is 2.08 bits per heavy atom. The van der Waals surface area contributed by atoms with Gasteiger partial charge in [-0.3, -0.25) is 0 Å². The smallest absolute Gasteiger partial charge is 0.130 e. The third-order valence-corrected chi connectivity index (χ3v) is 2.38. The zero-order valence-corrected chi connectivity index (χ0v) is 8.77. The lowest BCUT2D eigenvalue weighted by atomic mass is 10.3. The summed E-state index contributed by atoms with van der Waals surface area (Å²) < 4.78 is 0. The fourth-order valence-corrected chi connectivity index (χ4v) is 1.57. The van der Waals surface area contributed by atoms with Crippen molar-refractivity contribution >= 4 is 17.6 Å². The van der Waals surface area contributed by atoms with Gasteiger partial charge in [0, 0.05) is 25.2 Å². The molecule has 0 N–H and O–H groups in total. The van der Waals surface area contributed by atoms with E-state index in [1.54, 1.807) is 11.8 Å². The maximum absolute atomic E-state index is 4.35. The molecule has 0 aromatic carbocycles. The van der Waals surface area contributed by atoms with Crippen LogP contribution in [-0.4, -0.2) is 25.3 Å². The second-order valence-corrected chi connectivity index (χ2v) is 3.79. The summed E-state index contributed by atoms with van der Waals surface area (Å²) in [6.07, 6.45) is 3.97. The van der Waals surface area contributed by atoms with Crippen molar-refractivity contribution in [2.75, 3.05) is 25.3 Å². The van der Waals surface area contributed by atoms with E-state index in [1.807, 2.05) is 25.2 Å². The largest absolute Gasteiger partial charge is 0.363 e. The molecule has 0 amide bonds. The summed E-state index contributed by atoms with van der Waals surface area (Å²) in [4.78, 5) is 7.60. The minimum absolute atomic E-state index is 1.05. The van der Waals surface area contributed by atoms with Crippen LogP contribution in [0.4, 0.5) is 5.82 Å². The van der Waals surface area contributed by atoms with Crippen LogP contribution in [0.15, 0.2) is 17.2 Å². The van der Waals surface area contributed by atoms with Gasteiger partial charge in [0.05, 0.1) is 0 Å². The van der Waals surface area contributed by atoms with Gasteiger partial charge in [-0.05, 0) is 24.8 Å². The van der Waals surface area contributed by atoms with Crippen LogP contribution in [0.5, 0.6) is 0 Å². The molecule has 0 saturated heterocycles. The van der Waals surface area contributed by atoms with E-state index in [0.29, 0.717) is 0 Å². The number of thioether (sulfide) groups is 1. The van der Waals surface area contributed by atoms with Crippen molar-refractivity contribution in [1.82, 2.24) is 4.98 Å². The first-order valence-corrected chi connectivity index (χ1v) is 5.05. The summed E-state index contributed by atoms with van der Waals surface area (Å²) in [5.74, 6) is 1.05. The van der Waals surface area contributed by atoms with Gasteiger partial charge in [0.15, 0.2) is 0 Å². The lowest BCUT2D eigenvalue weighted by Crippen LogP contribution is -2.11. The zero-order chi connectivity index (χ0) is 9.14. The highest BCUT2D eigenvalue weighted by Crippen LogP contribution is 2.20. The van der Waals surface area contributed by atoms with Crippen molar-refractivity contribution in [3.05, 3.63) is 17.8 Å². The second-order valence-electron chi connectivity index (χ2n) is 2.91. The molecule has 2 nitrogen and oxygen atoms in total. The van der Waals surface area contributed by atoms with Crippen molar-refractivity contribution in [2.24, 2.45) is 0 Å². The molecule has 0 saturated carbocycles. The average Bonchev–Trinajstić information content (AvgIpc) is 2.03. The van der Waals surface area contributed by atoms with E-state index in [-0.39, 0.29) is 0 Å². The van der Waals surface area contributed by atoms with Gasteiger partial charge in [-0.25, -0.2) is 4.98 Å². The van der Waals surface area contributed by atoms with E-state index in [0.717, 1.165) is 5.82 Å². The summed E-state index contributed by atoms with van der Waals surface area (Å²) in [5.41, 5.74) is 1.23. The minimum Gasteiger partial charge on any atom is -0.363 e. The topological polar surface area (TPSA) is 16.1 Å². The van der Waals surface area contributed by atoms with E-state index in [1.165, 1.54) is 10.5 Å². The van der Waals surface area contributed by atoms with Crippen molar-refractivity contribution in [3.63, 3.8) is 0 Å². The molecule has 1 heterocycles. The normalized spacial score (nSPS) is 10.0. The van der Waals surface area contributed by atoms with Crippen molar-refractivity contribution in [3.8, 4) is 0 Å². The highest BCUT2D eigenvalue weighted by atomic mass is 32.2. The van der Waals surface area contributed by atoms with Crippen LogP contribution >= 0.6 is 11.8 Å². The molecule has 0 aliphatic rings. The van der Waals surface area contributed by atoms with E-state index in [9.17, 15) is 0 Å². The Bertz CT molecular complexity index is 271. The maximum atomic E-state index is 4.35. The molecule has 0 atom stereocenters. The Labute approximate surface area is 78.0 Å². The highest BCUT2D eigenvalue weighted by Gasteiger charge is 2.01. The number of hydrogen-bond donors (Lipinski definition) is 0. The lowest BCUT2D eigenvalue weighted by Gasteiger charge is -2.14. The maximum Gasteiger partial charge on any atom is 0.130 e. The van der Waals surface area contributed by atoms with Crippen LogP contribution < -0.4 is 4.90 Å². The third kappa shape index (κ3) is 1.91. The quantitative estimate of drug-likeness (QED) is 0.652.